The molecule has 0 amide bonds. The molecule has 0 spiro atoms. The number of benzene rings is 1. The van der Waals surface area contributed by atoms with Crippen LogP contribution in [0.1, 0.15) is 32.6 Å². The molecule has 1 aliphatic heterocycles. The molecule has 1 aromatic heterocycles. The number of ether oxygens (including phenoxy) is 2. The number of carbonyl (C=O) groups excluding carboxylic acids is 1. The van der Waals surface area contributed by atoms with E-state index in [0.717, 1.165) is 10.8 Å². The number of aryl methyl sites for hydroxylation is 1. The van der Waals surface area contributed by atoms with E-state index in [0.29, 0.717) is 0 Å². The van der Waals surface area contributed by atoms with Gasteiger partial charge in [-0.2, -0.15) is 0 Å². The van der Waals surface area contributed by atoms with E-state index in [1.807, 2.05) is 4.98 Å². The first-order chi connectivity index (χ1) is 16.9. The maximum absolute atomic E-state index is 14.9. The first-order valence-corrected chi connectivity index (χ1v) is 13.1. The summed E-state index contributed by atoms with van der Waals surface area (Å²) in [7, 11) is -4.04. The fourth-order valence-electron chi connectivity index (χ4n) is 3.54. The molecule has 1 saturated heterocycles. The molecule has 1 aromatic carbocycles. The first-order valence-electron chi connectivity index (χ1n) is 11.4. The molecule has 1 fully saturated rings. The number of nitrogens with one attached hydrogen (secondary N) is 1. The summed E-state index contributed by atoms with van der Waals surface area (Å²) in [6.45, 7) is 5.73. The number of esters is 1. The largest absolute Gasteiger partial charge is 0.463 e. The van der Waals surface area contributed by atoms with E-state index in [-0.39, 0.29) is 23.6 Å². The fourth-order valence-corrected chi connectivity index (χ4v) is 5.41. The molecule has 11 nitrogen and oxygen atoms in total. The average Bonchev–Trinajstić information content (AvgIpc) is 3.08. The minimum Gasteiger partial charge on any atom is -0.463 e. The Morgan fingerprint density at radius 2 is 1.92 bits per heavy atom. The average molecular weight is 528 g/mol. The third kappa shape index (κ3) is 6.70. The van der Waals surface area contributed by atoms with Crippen LogP contribution >= 0.6 is 7.60 Å². The number of alkyl halides is 1. The summed E-state index contributed by atoms with van der Waals surface area (Å²) < 4.78 is 51.2. The molecule has 36 heavy (non-hydrogen) atoms. The smallest absolute Gasteiger partial charge is 0.380 e. The molecular formula is C23H30FN2O9P. The normalized spacial score (nSPS) is 24.3. The maximum Gasteiger partial charge on any atom is 0.380 e. The molecule has 0 radical (unpaired) electrons. The van der Waals surface area contributed by atoms with Crippen molar-refractivity contribution in [2.24, 2.45) is 5.92 Å². The number of aromatic nitrogens is 2. The van der Waals surface area contributed by atoms with Crippen LogP contribution in [0.15, 0.2) is 46.1 Å². The summed E-state index contributed by atoms with van der Waals surface area (Å²) >= 11 is 0. The Bertz CT molecular complexity index is 1220. The van der Waals surface area contributed by atoms with Gasteiger partial charge in [0.1, 0.15) is 18.0 Å². The molecule has 0 unspecified atom stereocenters. The lowest BCUT2D eigenvalue weighted by Gasteiger charge is -2.24. The third-order valence-electron chi connectivity index (χ3n) is 5.39. The summed E-state index contributed by atoms with van der Waals surface area (Å²) in [6, 6.07) is 8.13. The minimum absolute atomic E-state index is 0.141. The van der Waals surface area contributed by atoms with Gasteiger partial charge in [0.2, 0.25) is 0 Å². The van der Waals surface area contributed by atoms with E-state index in [1.54, 1.807) is 44.2 Å². The summed E-state index contributed by atoms with van der Waals surface area (Å²) in [5.74, 6) is -1.24. The zero-order valence-corrected chi connectivity index (χ0v) is 21.2. The van der Waals surface area contributed by atoms with Crippen LogP contribution in [-0.4, -0.2) is 57.9 Å². The van der Waals surface area contributed by atoms with Gasteiger partial charge in [0.05, 0.1) is 24.8 Å². The number of aliphatic hydroxyl groups excluding tert-OH is 1. The first kappa shape index (κ1) is 27.8. The zero-order chi connectivity index (χ0) is 26.6. The summed E-state index contributed by atoms with van der Waals surface area (Å²) in [5.41, 5.74) is -1.40. The van der Waals surface area contributed by atoms with Crippen molar-refractivity contribution in [3.8, 4) is 5.75 Å². The van der Waals surface area contributed by atoms with E-state index in [2.05, 4.69) is 0 Å². The van der Waals surface area contributed by atoms with Crippen molar-refractivity contribution in [2.45, 2.75) is 58.4 Å². The van der Waals surface area contributed by atoms with Crippen molar-refractivity contribution in [3.63, 3.8) is 0 Å². The second-order valence-electron chi connectivity index (χ2n) is 8.86. The third-order valence-corrected chi connectivity index (χ3v) is 7.42. The second-order valence-corrected chi connectivity index (χ2v) is 10.9. The number of hydrogen-bond donors (Lipinski definition) is 2. The number of aliphatic hydroxyl groups is 1. The lowest BCUT2D eigenvalue weighted by atomic mass is 10.1. The van der Waals surface area contributed by atoms with Crippen molar-refractivity contribution in [2.75, 3.05) is 12.8 Å². The molecule has 198 valence electrons. The molecule has 2 N–H and O–H groups in total. The van der Waals surface area contributed by atoms with Gasteiger partial charge in [-0.05, 0) is 32.9 Å². The number of halogens is 1. The van der Waals surface area contributed by atoms with E-state index in [9.17, 15) is 28.4 Å². The van der Waals surface area contributed by atoms with Gasteiger partial charge in [0.15, 0.2) is 12.4 Å². The summed E-state index contributed by atoms with van der Waals surface area (Å²) in [5, 5.41) is 10.4. The standard InChI is InChI=1S/C23H30FN2O9P/c1-13(2)33-22(29)15(4)12-36(31,35-16-8-6-5-7-9-16)32-11-17-19(27)18(24)21(34-17)26-10-14(3)20(28)25-23(26)30/h5-10,13,15,17-19,21,27H,11-12H2,1-4H3,(H,25,28,30)/t15-,17+,18-,19+,21+,36+/m1/s1. The Morgan fingerprint density at radius 1 is 1.25 bits per heavy atom. The molecule has 1 aliphatic rings. The number of H-pyrrole nitrogens is 1. The fraction of sp³-hybridized carbons (Fsp3) is 0.522. The molecule has 3 rings (SSSR count). The lowest BCUT2D eigenvalue weighted by Crippen LogP contribution is -2.36. The molecule has 0 aliphatic carbocycles. The van der Waals surface area contributed by atoms with Gasteiger partial charge >= 0.3 is 19.3 Å². The van der Waals surface area contributed by atoms with Crippen molar-refractivity contribution in [3.05, 3.63) is 62.9 Å². The van der Waals surface area contributed by atoms with Gasteiger partial charge in [0, 0.05) is 11.8 Å². The van der Waals surface area contributed by atoms with Crippen molar-refractivity contribution in [1.29, 1.82) is 0 Å². The Labute approximate surface area is 206 Å². The summed E-state index contributed by atoms with van der Waals surface area (Å²) in [4.78, 5) is 38.1. The van der Waals surface area contributed by atoms with Crippen molar-refractivity contribution >= 4 is 13.6 Å². The predicted octanol–water partition coefficient (Wildman–Crippen LogP) is 2.32. The monoisotopic (exact) mass is 528 g/mol. The van der Waals surface area contributed by atoms with Gasteiger partial charge in [-0.15, -0.1) is 0 Å². The second kappa shape index (κ2) is 11.5. The Balaban J connectivity index is 1.77. The Morgan fingerprint density at radius 3 is 2.56 bits per heavy atom. The Kier molecular flexibility index (Phi) is 8.89. The topological polar surface area (TPSA) is 146 Å². The van der Waals surface area contributed by atoms with Crippen LogP contribution in [0, 0.1) is 12.8 Å². The maximum atomic E-state index is 14.9. The highest BCUT2D eigenvalue weighted by molar-refractivity contribution is 7.54. The number of para-hydroxylation sites is 1. The molecule has 6 atom stereocenters. The Hall–Kier alpha value is -2.79. The van der Waals surface area contributed by atoms with Crippen LogP contribution in [-0.2, 0) is 23.4 Å². The van der Waals surface area contributed by atoms with E-state index >= 15 is 0 Å². The summed E-state index contributed by atoms with van der Waals surface area (Å²) in [6.07, 6.45) is -6.26. The highest BCUT2D eigenvalue weighted by atomic mass is 31.2. The number of carbonyl (C=O) groups is 1. The van der Waals surface area contributed by atoms with Gasteiger partial charge in [-0.1, -0.05) is 25.1 Å². The number of aromatic amines is 1. The molecule has 13 heteroatoms. The van der Waals surface area contributed by atoms with Gasteiger partial charge in [-0.25, -0.2) is 13.8 Å². The lowest BCUT2D eigenvalue weighted by molar-refractivity contribution is -0.151. The highest BCUT2D eigenvalue weighted by Crippen LogP contribution is 2.50. The van der Waals surface area contributed by atoms with E-state index in [1.165, 1.54) is 13.8 Å². The van der Waals surface area contributed by atoms with Crippen molar-refractivity contribution < 1.29 is 37.4 Å². The number of hydrogen-bond acceptors (Lipinski definition) is 9. The van der Waals surface area contributed by atoms with Gasteiger partial charge in [-0.3, -0.25) is 23.7 Å². The van der Waals surface area contributed by atoms with Crippen LogP contribution in [0.2, 0.25) is 0 Å². The minimum atomic E-state index is -4.04. The molecule has 0 saturated carbocycles. The van der Waals surface area contributed by atoms with Gasteiger partial charge in [0.25, 0.3) is 5.56 Å². The van der Waals surface area contributed by atoms with Crippen LogP contribution in [0.4, 0.5) is 4.39 Å². The van der Waals surface area contributed by atoms with Crippen LogP contribution in [0.3, 0.4) is 0 Å². The van der Waals surface area contributed by atoms with E-state index < -0.39 is 61.9 Å². The van der Waals surface area contributed by atoms with Crippen molar-refractivity contribution in [1.82, 2.24) is 9.55 Å². The van der Waals surface area contributed by atoms with Crippen LogP contribution in [0.25, 0.3) is 0 Å². The van der Waals surface area contributed by atoms with Crippen LogP contribution < -0.4 is 15.8 Å². The molecular weight excluding hydrogens is 498 g/mol. The number of nitrogens with zero attached hydrogens (tertiary/aromatic N) is 1. The SMILES string of the molecule is Cc1cn([C@H]2O[C@@H](CO[P@@](=O)(C[C@@H](C)C(=O)OC(C)C)Oc3ccccc3)[C@H](O)[C@H]2F)c(=O)[nH]c1=O. The molecule has 0 bridgehead atoms. The highest BCUT2D eigenvalue weighted by Gasteiger charge is 2.47. The van der Waals surface area contributed by atoms with Crippen LogP contribution in [0.5, 0.6) is 5.75 Å². The predicted molar refractivity (Wildman–Crippen MR) is 127 cm³/mol. The zero-order valence-electron chi connectivity index (χ0n) is 20.3. The molecule has 2 heterocycles. The molecule has 2 aromatic rings. The van der Waals surface area contributed by atoms with Gasteiger partial charge < -0.3 is 19.1 Å². The quantitative estimate of drug-likeness (QED) is 0.350. The van der Waals surface area contributed by atoms with E-state index in [4.69, 9.17) is 18.5 Å². The number of rotatable bonds is 10.